The van der Waals surface area contributed by atoms with Crippen molar-refractivity contribution in [2.24, 2.45) is 0 Å². The molecule has 1 fully saturated rings. The number of aromatic nitrogens is 1. The maximum absolute atomic E-state index is 13.7. The molecule has 110 valence electrons. The first-order valence-electron chi connectivity index (χ1n) is 6.40. The average Bonchev–Trinajstić information content (AvgIpc) is 2.48. The molecule has 2 rings (SSSR count). The summed E-state index contributed by atoms with van der Waals surface area (Å²) in [6, 6.07) is 2.68. The van der Waals surface area contributed by atoms with Crippen molar-refractivity contribution in [1.29, 1.82) is 0 Å². The van der Waals surface area contributed by atoms with E-state index in [0.717, 1.165) is 11.8 Å². The van der Waals surface area contributed by atoms with E-state index in [2.05, 4.69) is 9.72 Å². The number of halogens is 2. The number of carbonyl (C=O) groups is 1. The number of hydrogen-bond donors (Lipinski definition) is 0. The number of pyridine rings is 1. The maximum Gasteiger partial charge on any atom is 0.384 e. The van der Waals surface area contributed by atoms with Crippen LogP contribution in [0.3, 0.4) is 0 Å². The number of carbonyl (C=O) groups excluding carboxylic acids is 1. The molecule has 0 bridgehead atoms. The molecule has 1 aromatic heterocycles. The van der Waals surface area contributed by atoms with Gasteiger partial charge in [0.15, 0.2) is 0 Å². The molecule has 1 aliphatic rings. The molecule has 0 unspecified atom stereocenters. The molecule has 1 aliphatic heterocycles. The SMILES string of the molecule is CCOC(=O)C(F)(F)c1ccc(N2CCOCC2)cn1. The fourth-order valence-electron chi connectivity index (χ4n) is 1.91. The first-order valence-corrected chi connectivity index (χ1v) is 6.40. The van der Waals surface area contributed by atoms with Crippen LogP contribution in [0.2, 0.25) is 0 Å². The van der Waals surface area contributed by atoms with Crippen LogP contribution in [0.25, 0.3) is 0 Å². The fourth-order valence-corrected chi connectivity index (χ4v) is 1.91. The summed E-state index contributed by atoms with van der Waals surface area (Å²) in [5, 5.41) is 0. The molecular formula is C13H16F2N2O3. The molecule has 0 aromatic carbocycles. The molecule has 1 saturated heterocycles. The van der Waals surface area contributed by atoms with Gasteiger partial charge in [0, 0.05) is 13.1 Å². The van der Waals surface area contributed by atoms with Crippen molar-refractivity contribution in [2.45, 2.75) is 12.8 Å². The Labute approximate surface area is 115 Å². The normalized spacial score (nSPS) is 16.1. The first kappa shape index (κ1) is 14.6. The first-order chi connectivity index (χ1) is 9.55. The van der Waals surface area contributed by atoms with Gasteiger partial charge in [-0.05, 0) is 19.1 Å². The minimum atomic E-state index is -3.72. The molecule has 1 aromatic rings. The average molecular weight is 286 g/mol. The Morgan fingerprint density at radius 3 is 2.70 bits per heavy atom. The number of nitrogens with zero attached hydrogens (tertiary/aromatic N) is 2. The zero-order valence-electron chi connectivity index (χ0n) is 11.1. The van der Waals surface area contributed by atoms with Gasteiger partial charge in [-0.1, -0.05) is 0 Å². The van der Waals surface area contributed by atoms with E-state index in [9.17, 15) is 13.6 Å². The third kappa shape index (κ3) is 3.04. The van der Waals surface area contributed by atoms with Crippen LogP contribution in [0.5, 0.6) is 0 Å². The lowest BCUT2D eigenvalue weighted by Gasteiger charge is -2.28. The van der Waals surface area contributed by atoms with Crippen molar-refractivity contribution < 1.29 is 23.0 Å². The predicted octanol–water partition coefficient (Wildman–Crippen LogP) is 1.57. The molecule has 20 heavy (non-hydrogen) atoms. The van der Waals surface area contributed by atoms with E-state index >= 15 is 0 Å². The zero-order chi connectivity index (χ0) is 14.6. The van der Waals surface area contributed by atoms with E-state index in [4.69, 9.17) is 4.74 Å². The van der Waals surface area contributed by atoms with Crippen LogP contribution >= 0.6 is 0 Å². The van der Waals surface area contributed by atoms with E-state index in [-0.39, 0.29) is 6.61 Å². The molecule has 0 radical (unpaired) electrons. The minimum Gasteiger partial charge on any atom is -0.461 e. The molecule has 2 heterocycles. The van der Waals surface area contributed by atoms with E-state index in [1.165, 1.54) is 19.2 Å². The van der Waals surface area contributed by atoms with Crippen molar-refractivity contribution in [3.63, 3.8) is 0 Å². The van der Waals surface area contributed by atoms with E-state index < -0.39 is 17.6 Å². The molecule has 0 saturated carbocycles. The standard InChI is InChI=1S/C13H16F2N2O3/c1-2-20-12(18)13(14,15)11-4-3-10(9-16-11)17-5-7-19-8-6-17/h3-4,9H,2,5-8H2,1H3. The number of alkyl halides is 2. The third-order valence-electron chi connectivity index (χ3n) is 2.98. The second-order valence-electron chi connectivity index (χ2n) is 4.30. The van der Waals surface area contributed by atoms with E-state index in [0.29, 0.717) is 26.3 Å². The Bertz CT molecular complexity index is 459. The van der Waals surface area contributed by atoms with Crippen molar-refractivity contribution in [2.75, 3.05) is 37.8 Å². The summed E-state index contributed by atoms with van der Waals surface area (Å²) < 4.78 is 37.0. The topological polar surface area (TPSA) is 51.7 Å². The highest BCUT2D eigenvalue weighted by Crippen LogP contribution is 2.29. The quantitative estimate of drug-likeness (QED) is 0.786. The summed E-state index contributed by atoms with van der Waals surface area (Å²) in [5.41, 5.74) is 0.129. The van der Waals surface area contributed by atoms with Crippen molar-refractivity contribution >= 4 is 11.7 Å². The Balaban J connectivity index is 2.12. The summed E-state index contributed by atoms with van der Waals surface area (Å²) in [6.07, 6.45) is 1.34. The summed E-state index contributed by atoms with van der Waals surface area (Å²) in [4.78, 5) is 16.9. The molecular weight excluding hydrogens is 270 g/mol. The Hall–Kier alpha value is -1.76. The predicted molar refractivity (Wildman–Crippen MR) is 67.8 cm³/mol. The minimum absolute atomic E-state index is 0.0969. The van der Waals surface area contributed by atoms with Crippen molar-refractivity contribution in [3.05, 3.63) is 24.0 Å². The number of hydrogen-bond acceptors (Lipinski definition) is 5. The number of morpholine rings is 1. The van der Waals surface area contributed by atoms with Gasteiger partial charge in [0.1, 0.15) is 5.69 Å². The number of esters is 1. The summed E-state index contributed by atoms with van der Waals surface area (Å²) >= 11 is 0. The van der Waals surface area contributed by atoms with E-state index in [1.54, 1.807) is 0 Å². The van der Waals surface area contributed by atoms with Crippen molar-refractivity contribution in [1.82, 2.24) is 4.98 Å². The largest absolute Gasteiger partial charge is 0.461 e. The van der Waals surface area contributed by atoms with Crippen LogP contribution in [0.15, 0.2) is 18.3 Å². The van der Waals surface area contributed by atoms with Gasteiger partial charge in [-0.2, -0.15) is 8.78 Å². The van der Waals surface area contributed by atoms with Gasteiger partial charge in [-0.3, -0.25) is 4.98 Å². The van der Waals surface area contributed by atoms with Crippen LogP contribution in [0.4, 0.5) is 14.5 Å². The number of rotatable bonds is 4. The third-order valence-corrected chi connectivity index (χ3v) is 2.98. The van der Waals surface area contributed by atoms with Gasteiger partial charge in [-0.15, -0.1) is 0 Å². The van der Waals surface area contributed by atoms with Gasteiger partial charge in [-0.25, -0.2) is 4.79 Å². The zero-order valence-corrected chi connectivity index (χ0v) is 11.1. The number of anilines is 1. The van der Waals surface area contributed by atoms with Crippen LogP contribution in [0, 0.1) is 0 Å². The molecule has 0 amide bonds. The van der Waals surface area contributed by atoms with Crippen LogP contribution in [-0.2, 0) is 20.2 Å². The molecule has 0 atom stereocenters. The fraction of sp³-hybridized carbons (Fsp3) is 0.538. The molecule has 7 heteroatoms. The van der Waals surface area contributed by atoms with Gasteiger partial charge >= 0.3 is 11.9 Å². The van der Waals surface area contributed by atoms with Crippen LogP contribution in [-0.4, -0.2) is 43.9 Å². The maximum atomic E-state index is 13.7. The lowest BCUT2D eigenvalue weighted by atomic mass is 10.2. The second kappa shape index (κ2) is 6.13. The molecule has 0 N–H and O–H groups in total. The Morgan fingerprint density at radius 2 is 2.15 bits per heavy atom. The highest BCUT2D eigenvalue weighted by atomic mass is 19.3. The molecule has 0 aliphatic carbocycles. The summed E-state index contributed by atoms with van der Waals surface area (Å²) in [7, 11) is 0. The van der Waals surface area contributed by atoms with Gasteiger partial charge in [0.05, 0.1) is 31.7 Å². The van der Waals surface area contributed by atoms with Gasteiger partial charge < -0.3 is 14.4 Å². The van der Waals surface area contributed by atoms with Gasteiger partial charge in [0.2, 0.25) is 0 Å². The highest BCUT2D eigenvalue weighted by molar-refractivity contribution is 5.78. The number of ether oxygens (including phenoxy) is 2. The molecule has 0 spiro atoms. The van der Waals surface area contributed by atoms with E-state index in [1.807, 2.05) is 4.90 Å². The van der Waals surface area contributed by atoms with Crippen molar-refractivity contribution in [3.8, 4) is 0 Å². The lowest BCUT2D eigenvalue weighted by Crippen LogP contribution is -2.36. The van der Waals surface area contributed by atoms with Gasteiger partial charge in [0.25, 0.3) is 0 Å². The summed E-state index contributed by atoms with van der Waals surface area (Å²) in [6.45, 7) is 3.95. The Morgan fingerprint density at radius 1 is 1.45 bits per heavy atom. The monoisotopic (exact) mass is 286 g/mol. The second-order valence-corrected chi connectivity index (χ2v) is 4.30. The van der Waals surface area contributed by atoms with Crippen LogP contribution in [0.1, 0.15) is 12.6 Å². The highest BCUT2D eigenvalue weighted by Gasteiger charge is 2.44. The molecule has 5 nitrogen and oxygen atoms in total. The summed E-state index contributed by atoms with van der Waals surface area (Å²) in [5.74, 6) is -5.30. The lowest BCUT2D eigenvalue weighted by molar-refractivity contribution is -0.173. The Kier molecular flexibility index (Phi) is 4.49. The smallest absolute Gasteiger partial charge is 0.384 e. The van der Waals surface area contributed by atoms with Crippen LogP contribution < -0.4 is 4.90 Å².